The maximum Gasteiger partial charge on any atom is 0.222 e. The lowest BCUT2D eigenvalue weighted by Gasteiger charge is -2.25. The topological polar surface area (TPSA) is 111 Å². The van der Waals surface area contributed by atoms with E-state index >= 15 is 0 Å². The number of nitrogens with two attached hydrogens (primary N) is 1. The van der Waals surface area contributed by atoms with Crippen molar-refractivity contribution in [2.75, 3.05) is 30.9 Å². The molecule has 0 bridgehead atoms. The Labute approximate surface area is 201 Å². The van der Waals surface area contributed by atoms with E-state index in [1.807, 2.05) is 67.1 Å². The Morgan fingerprint density at radius 3 is 2.76 bits per heavy atom. The van der Waals surface area contributed by atoms with Crippen LogP contribution in [-0.2, 0) is 11.8 Å². The summed E-state index contributed by atoms with van der Waals surface area (Å²) in [5, 5.41) is 5.79. The highest BCUT2D eigenvalue weighted by Crippen LogP contribution is 2.35. The molecule has 0 amide bonds. The summed E-state index contributed by atoms with van der Waals surface area (Å²) in [5.74, 6) is 0.783. The highest BCUT2D eigenvalue weighted by molar-refractivity contribution is 6.33. The molecule has 0 atom stereocenters. The Bertz CT molecular complexity index is 1460. The Balaban J connectivity index is 1.61. The van der Waals surface area contributed by atoms with Crippen molar-refractivity contribution in [1.82, 2.24) is 29.7 Å². The maximum absolute atomic E-state index is 6.51. The van der Waals surface area contributed by atoms with Gasteiger partial charge in [0.15, 0.2) is 0 Å². The van der Waals surface area contributed by atoms with Gasteiger partial charge in [0.1, 0.15) is 11.5 Å². The third kappa shape index (κ3) is 4.18. The number of para-hydroxylation sites is 1. The molecule has 1 aromatic carbocycles. The van der Waals surface area contributed by atoms with E-state index in [0.29, 0.717) is 29.7 Å². The van der Waals surface area contributed by atoms with E-state index in [1.54, 1.807) is 11.8 Å². The molecule has 0 radical (unpaired) electrons. The maximum atomic E-state index is 6.51. The average molecular weight is 475 g/mol. The van der Waals surface area contributed by atoms with Gasteiger partial charge < -0.3 is 20.4 Å². The number of methoxy groups -OCH3 is 1. The summed E-state index contributed by atoms with van der Waals surface area (Å²) in [7, 11) is 3.54. The minimum Gasteiger partial charge on any atom is -0.383 e. The van der Waals surface area contributed by atoms with Gasteiger partial charge in [0.25, 0.3) is 0 Å². The van der Waals surface area contributed by atoms with Crippen molar-refractivity contribution >= 4 is 40.1 Å². The van der Waals surface area contributed by atoms with Crippen molar-refractivity contribution in [3.05, 3.63) is 66.2 Å². The van der Waals surface area contributed by atoms with E-state index in [4.69, 9.17) is 22.1 Å². The molecule has 0 spiro atoms. The van der Waals surface area contributed by atoms with Crippen molar-refractivity contribution in [1.29, 1.82) is 0 Å². The number of ether oxygens (including phenoxy) is 1. The molecule has 10 heteroatoms. The molecule has 0 aliphatic heterocycles. The van der Waals surface area contributed by atoms with Gasteiger partial charge in [0, 0.05) is 67.4 Å². The van der Waals surface area contributed by atoms with Gasteiger partial charge in [-0.25, -0.2) is 9.97 Å². The van der Waals surface area contributed by atoms with Crippen LogP contribution in [0.15, 0.2) is 61.2 Å². The number of anilines is 3. The number of aromatic nitrogens is 6. The molecule has 9 nitrogen and oxygen atoms in total. The van der Waals surface area contributed by atoms with E-state index < -0.39 is 0 Å². The second kappa shape index (κ2) is 9.12. The first-order valence-electron chi connectivity index (χ1n) is 10.7. The Morgan fingerprint density at radius 1 is 1.15 bits per heavy atom. The number of aryl methyl sites for hydroxylation is 1. The second-order valence-electron chi connectivity index (χ2n) is 7.79. The monoisotopic (exact) mass is 474 g/mol. The summed E-state index contributed by atoms with van der Waals surface area (Å²) in [6, 6.07) is 11.6. The average Bonchev–Trinajstić information content (AvgIpc) is 3.46. The Hall–Kier alpha value is -3.95. The van der Waals surface area contributed by atoms with Gasteiger partial charge in [0.05, 0.1) is 29.2 Å². The molecule has 3 N–H and O–H groups in total. The number of pyridine rings is 1. The number of rotatable bonds is 7. The summed E-state index contributed by atoms with van der Waals surface area (Å²) in [5.41, 5.74) is 11.2. The third-order valence-electron chi connectivity index (χ3n) is 5.51. The first-order chi connectivity index (χ1) is 16.5. The third-order valence-corrected chi connectivity index (χ3v) is 5.83. The Morgan fingerprint density at radius 2 is 2.00 bits per heavy atom. The Kier molecular flexibility index (Phi) is 5.87. The van der Waals surface area contributed by atoms with E-state index in [-0.39, 0.29) is 5.95 Å². The molecule has 34 heavy (non-hydrogen) atoms. The number of hydrogen-bond donors (Lipinski definition) is 2. The van der Waals surface area contributed by atoms with E-state index in [1.165, 1.54) is 0 Å². The van der Waals surface area contributed by atoms with Crippen LogP contribution in [0.25, 0.3) is 33.4 Å². The van der Waals surface area contributed by atoms with Crippen LogP contribution in [0.3, 0.4) is 0 Å². The molecule has 5 rings (SSSR count). The zero-order valence-corrected chi connectivity index (χ0v) is 19.5. The number of halogens is 1. The molecular formula is C24H23ClN8O. The number of aromatic amines is 1. The van der Waals surface area contributed by atoms with Crippen LogP contribution in [0.4, 0.5) is 17.5 Å². The molecule has 0 fully saturated rings. The highest BCUT2D eigenvalue weighted by atomic mass is 35.5. The van der Waals surface area contributed by atoms with Crippen LogP contribution in [0.5, 0.6) is 0 Å². The van der Waals surface area contributed by atoms with Gasteiger partial charge in [-0.05, 0) is 18.2 Å². The van der Waals surface area contributed by atoms with Crippen molar-refractivity contribution in [2.24, 2.45) is 7.05 Å². The SMILES string of the molecule is COCCN(c1cc(-c2c[nH]c3ncc(-c4cnn(C)c4)cc23)nc(N)n1)c1ccccc1Cl. The van der Waals surface area contributed by atoms with Crippen LogP contribution in [0, 0.1) is 0 Å². The predicted octanol–water partition coefficient (Wildman–Crippen LogP) is 4.44. The first kappa shape index (κ1) is 21.9. The standard InChI is InChI=1S/C24H23ClN8O/c1-32-14-16(12-29-32)15-9-17-18(13-28-23(17)27-11-15)20-10-22(31-24(26)30-20)33(7-8-34-2)21-6-4-3-5-19(21)25/h3-6,9-14H,7-8H2,1-2H3,(H,27,28)(H2,26,30,31). The molecular weight excluding hydrogens is 452 g/mol. The van der Waals surface area contributed by atoms with Crippen LogP contribution in [-0.4, -0.2) is 50.0 Å². The van der Waals surface area contributed by atoms with Crippen molar-refractivity contribution in [2.45, 2.75) is 0 Å². The first-order valence-corrected chi connectivity index (χ1v) is 11.0. The number of hydrogen-bond acceptors (Lipinski definition) is 7. The van der Waals surface area contributed by atoms with Crippen LogP contribution in [0.2, 0.25) is 5.02 Å². The minimum absolute atomic E-state index is 0.160. The van der Waals surface area contributed by atoms with Gasteiger partial charge in [0.2, 0.25) is 5.95 Å². The summed E-state index contributed by atoms with van der Waals surface area (Å²) in [4.78, 5) is 18.8. The highest BCUT2D eigenvalue weighted by Gasteiger charge is 2.18. The quantitative estimate of drug-likeness (QED) is 0.358. The van der Waals surface area contributed by atoms with Crippen molar-refractivity contribution in [3.63, 3.8) is 0 Å². The zero-order valence-electron chi connectivity index (χ0n) is 18.7. The molecule has 0 aliphatic carbocycles. The van der Waals surface area contributed by atoms with Crippen LogP contribution in [0.1, 0.15) is 0 Å². The summed E-state index contributed by atoms with van der Waals surface area (Å²) < 4.78 is 7.09. The fourth-order valence-corrected chi connectivity index (χ4v) is 4.12. The van der Waals surface area contributed by atoms with Gasteiger partial charge in [-0.15, -0.1) is 0 Å². The van der Waals surface area contributed by atoms with Crippen LogP contribution >= 0.6 is 11.6 Å². The fraction of sp³-hybridized carbons (Fsp3) is 0.167. The molecule has 0 unspecified atom stereocenters. The van der Waals surface area contributed by atoms with Crippen molar-refractivity contribution in [3.8, 4) is 22.4 Å². The largest absolute Gasteiger partial charge is 0.383 e. The zero-order chi connectivity index (χ0) is 23.7. The summed E-state index contributed by atoms with van der Waals surface area (Å²) in [6.45, 7) is 1.02. The number of benzene rings is 1. The normalized spacial score (nSPS) is 11.3. The molecule has 172 valence electrons. The molecule has 4 heterocycles. The number of nitrogen functional groups attached to an aromatic ring is 1. The summed E-state index contributed by atoms with van der Waals surface area (Å²) in [6.07, 6.45) is 7.47. The molecule has 0 saturated heterocycles. The fourth-order valence-electron chi connectivity index (χ4n) is 3.88. The molecule has 5 aromatic rings. The number of H-pyrrole nitrogens is 1. The van der Waals surface area contributed by atoms with Gasteiger partial charge >= 0.3 is 0 Å². The number of nitrogens with one attached hydrogen (secondary N) is 1. The van der Waals surface area contributed by atoms with Crippen LogP contribution < -0.4 is 10.6 Å². The lowest BCUT2D eigenvalue weighted by Crippen LogP contribution is -2.23. The lowest BCUT2D eigenvalue weighted by atomic mass is 10.1. The minimum atomic E-state index is 0.160. The van der Waals surface area contributed by atoms with Gasteiger partial charge in [-0.1, -0.05) is 23.7 Å². The molecule has 0 aliphatic rings. The lowest BCUT2D eigenvalue weighted by molar-refractivity contribution is 0.207. The predicted molar refractivity (Wildman–Crippen MR) is 134 cm³/mol. The van der Waals surface area contributed by atoms with E-state index in [2.05, 4.69) is 31.1 Å². The number of nitrogens with zero attached hydrogens (tertiary/aromatic N) is 6. The molecule has 0 saturated carbocycles. The van der Waals surface area contributed by atoms with E-state index in [0.717, 1.165) is 33.4 Å². The molecule has 4 aromatic heterocycles. The van der Waals surface area contributed by atoms with Gasteiger partial charge in [-0.3, -0.25) is 4.68 Å². The van der Waals surface area contributed by atoms with Gasteiger partial charge in [-0.2, -0.15) is 10.1 Å². The number of fused-ring (bicyclic) bond motifs is 1. The smallest absolute Gasteiger partial charge is 0.222 e. The van der Waals surface area contributed by atoms with Crippen molar-refractivity contribution < 1.29 is 4.74 Å². The van der Waals surface area contributed by atoms with E-state index in [9.17, 15) is 0 Å². The second-order valence-corrected chi connectivity index (χ2v) is 8.20. The summed E-state index contributed by atoms with van der Waals surface area (Å²) >= 11 is 6.51.